The lowest BCUT2D eigenvalue weighted by Gasteiger charge is -2.43. The Labute approximate surface area is 149 Å². The first kappa shape index (κ1) is 17.0. The quantitative estimate of drug-likeness (QED) is 0.899. The van der Waals surface area contributed by atoms with Crippen LogP contribution in [-0.4, -0.2) is 69.4 Å². The molecule has 0 radical (unpaired) electrons. The fraction of sp³-hybridized carbons (Fsp3) is 0.789. The molecule has 25 heavy (non-hydrogen) atoms. The summed E-state index contributed by atoms with van der Waals surface area (Å²) < 4.78 is 1.69. The smallest absolute Gasteiger partial charge is 0.272 e. The fourth-order valence-corrected chi connectivity index (χ4v) is 5.05. The third kappa shape index (κ3) is 2.89. The van der Waals surface area contributed by atoms with Gasteiger partial charge < -0.3 is 10.0 Å². The van der Waals surface area contributed by atoms with E-state index in [1.165, 1.54) is 19.3 Å². The molecular formula is C19H30N4O2. The molecule has 0 aromatic carbocycles. The molecule has 3 aliphatic rings. The zero-order chi connectivity index (χ0) is 17.6. The molecule has 6 nitrogen and oxygen atoms in total. The number of carbonyl (C=O) groups excluding carboxylic acids is 1. The maximum atomic E-state index is 12.8. The average Bonchev–Trinajstić information content (AvgIpc) is 3.06. The van der Waals surface area contributed by atoms with Gasteiger partial charge in [-0.15, -0.1) is 0 Å². The summed E-state index contributed by atoms with van der Waals surface area (Å²) in [6.45, 7) is 5.92. The first-order chi connectivity index (χ1) is 12.0. The van der Waals surface area contributed by atoms with Crippen LogP contribution in [0.2, 0.25) is 0 Å². The van der Waals surface area contributed by atoms with E-state index in [1.54, 1.807) is 4.68 Å². The van der Waals surface area contributed by atoms with Crippen molar-refractivity contribution < 1.29 is 9.90 Å². The van der Waals surface area contributed by atoms with Crippen LogP contribution < -0.4 is 0 Å². The predicted molar refractivity (Wildman–Crippen MR) is 95.3 cm³/mol. The minimum atomic E-state index is 0.0901. The van der Waals surface area contributed by atoms with Gasteiger partial charge in [0.2, 0.25) is 0 Å². The zero-order valence-corrected chi connectivity index (χ0v) is 15.4. The molecule has 1 saturated carbocycles. The van der Waals surface area contributed by atoms with Crippen LogP contribution in [0.5, 0.6) is 0 Å². The van der Waals surface area contributed by atoms with E-state index >= 15 is 0 Å². The van der Waals surface area contributed by atoms with Crippen molar-refractivity contribution in [3.63, 3.8) is 0 Å². The highest BCUT2D eigenvalue weighted by Gasteiger charge is 2.50. The molecule has 4 rings (SSSR count). The molecule has 6 heteroatoms. The SMILES string of the molecule is Cc1cc(C(=O)N2CCC3(CC2)CN(C2CCC2)CC3CO)n(C)n1. The molecule has 3 heterocycles. The van der Waals surface area contributed by atoms with Gasteiger partial charge in [-0.2, -0.15) is 5.10 Å². The molecule has 1 unspecified atom stereocenters. The van der Waals surface area contributed by atoms with Gasteiger partial charge in [0.25, 0.3) is 5.91 Å². The third-order valence-electron chi connectivity index (χ3n) is 6.92. The van der Waals surface area contributed by atoms with Crippen molar-refractivity contribution in [3.05, 3.63) is 17.5 Å². The largest absolute Gasteiger partial charge is 0.396 e. The number of aromatic nitrogens is 2. The van der Waals surface area contributed by atoms with Crippen LogP contribution in [0.25, 0.3) is 0 Å². The second-order valence-electron chi connectivity index (χ2n) is 8.34. The topological polar surface area (TPSA) is 61.6 Å². The molecule has 1 aromatic rings. The highest BCUT2D eigenvalue weighted by molar-refractivity contribution is 5.92. The number of aliphatic hydroxyl groups excluding tert-OH is 1. The molecule has 1 aliphatic carbocycles. The van der Waals surface area contributed by atoms with Gasteiger partial charge in [-0.25, -0.2) is 0 Å². The highest BCUT2D eigenvalue weighted by atomic mass is 16.3. The van der Waals surface area contributed by atoms with Gasteiger partial charge in [-0.05, 0) is 44.1 Å². The number of likely N-dealkylation sites (tertiary alicyclic amines) is 2. The lowest BCUT2D eigenvalue weighted by Crippen LogP contribution is -2.48. The lowest BCUT2D eigenvalue weighted by molar-refractivity contribution is 0.0378. The van der Waals surface area contributed by atoms with E-state index < -0.39 is 0 Å². The molecule has 1 aromatic heterocycles. The molecule has 138 valence electrons. The summed E-state index contributed by atoms with van der Waals surface area (Å²) in [6, 6.07) is 2.61. The van der Waals surface area contributed by atoms with E-state index in [-0.39, 0.29) is 17.9 Å². The van der Waals surface area contributed by atoms with Crippen molar-refractivity contribution in [2.75, 3.05) is 32.8 Å². The maximum absolute atomic E-state index is 12.8. The Bertz CT molecular complexity index is 644. The molecule has 0 bridgehead atoms. The number of nitrogens with zero attached hydrogens (tertiary/aromatic N) is 4. The van der Waals surface area contributed by atoms with Gasteiger partial charge in [0, 0.05) is 51.8 Å². The number of aliphatic hydroxyl groups is 1. The number of piperidine rings is 1. The normalized spacial score (nSPS) is 27.0. The molecule has 2 aliphatic heterocycles. The Morgan fingerprint density at radius 2 is 2.08 bits per heavy atom. The van der Waals surface area contributed by atoms with Gasteiger partial charge in [-0.1, -0.05) is 6.42 Å². The number of carbonyl (C=O) groups is 1. The van der Waals surface area contributed by atoms with E-state index in [4.69, 9.17) is 0 Å². The Morgan fingerprint density at radius 1 is 1.36 bits per heavy atom. The summed E-state index contributed by atoms with van der Waals surface area (Å²) in [5, 5.41) is 14.2. The van der Waals surface area contributed by atoms with Gasteiger partial charge in [0.15, 0.2) is 0 Å². The second-order valence-corrected chi connectivity index (χ2v) is 8.34. The van der Waals surface area contributed by atoms with E-state index in [0.29, 0.717) is 11.6 Å². The van der Waals surface area contributed by atoms with Gasteiger partial charge in [-0.3, -0.25) is 14.4 Å². The lowest BCUT2D eigenvalue weighted by atomic mass is 9.71. The number of rotatable bonds is 3. The first-order valence-corrected chi connectivity index (χ1v) is 9.67. The molecule has 2 saturated heterocycles. The highest BCUT2D eigenvalue weighted by Crippen LogP contribution is 2.46. The first-order valence-electron chi connectivity index (χ1n) is 9.67. The molecular weight excluding hydrogens is 316 g/mol. The second kappa shape index (κ2) is 6.40. The summed E-state index contributed by atoms with van der Waals surface area (Å²) in [7, 11) is 1.83. The number of hydrogen-bond donors (Lipinski definition) is 1. The summed E-state index contributed by atoms with van der Waals surface area (Å²) in [5.74, 6) is 0.455. The summed E-state index contributed by atoms with van der Waals surface area (Å²) >= 11 is 0. The Morgan fingerprint density at radius 3 is 2.60 bits per heavy atom. The number of aryl methyl sites for hydroxylation is 2. The van der Waals surface area contributed by atoms with Gasteiger partial charge in [0.05, 0.1) is 5.69 Å². The zero-order valence-electron chi connectivity index (χ0n) is 15.4. The molecule has 3 fully saturated rings. The van der Waals surface area contributed by atoms with Crippen molar-refractivity contribution in [2.45, 2.75) is 45.1 Å². The predicted octanol–water partition coefficient (Wildman–Crippen LogP) is 1.43. The van der Waals surface area contributed by atoms with Crippen molar-refractivity contribution >= 4 is 5.91 Å². The Kier molecular flexibility index (Phi) is 4.36. The van der Waals surface area contributed by atoms with Crippen LogP contribution in [0.4, 0.5) is 0 Å². The Hall–Kier alpha value is -1.40. The van der Waals surface area contributed by atoms with Gasteiger partial charge >= 0.3 is 0 Å². The van der Waals surface area contributed by atoms with Crippen molar-refractivity contribution in [3.8, 4) is 0 Å². The van der Waals surface area contributed by atoms with Crippen molar-refractivity contribution in [2.24, 2.45) is 18.4 Å². The van der Waals surface area contributed by atoms with E-state index in [1.807, 2.05) is 24.9 Å². The summed E-state index contributed by atoms with van der Waals surface area (Å²) in [5.41, 5.74) is 1.75. The van der Waals surface area contributed by atoms with Crippen LogP contribution in [-0.2, 0) is 7.05 Å². The molecule has 1 amide bonds. The van der Waals surface area contributed by atoms with Crippen molar-refractivity contribution in [1.29, 1.82) is 0 Å². The molecule has 1 spiro atoms. The minimum Gasteiger partial charge on any atom is -0.396 e. The van der Waals surface area contributed by atoms with E-state index in [9.17, 15) is 9.90 Å². The van der Waals surface area contributed by atoms with Crippen molar-refractivity contribution in [1.82, 2.24) is 19.6 Å². The minimum absolute atomic E-state index is 0.0901. The fourth-order valence-electron chi connectivity index (χ4n) is 5.05. The third-order valence-corrected chi connectivity index (χ3v) is 6.92. The van der Waals surface area contributed by atoms with Crippen LogP contribution in [0.3, 0.4) is 0 Å². The van der Waals surface area contributed by atoms with Crippen LogP contribution >= 0.6 is 0 Å². The standard InChI is InChI=1S/C19H30N4O2/c1-14-10-17(21(2)20-14)18(25)22-8-6-19(7-9-22)13-23(11-15(19)12-24)16-4-3-5-16/h10,15-16,24H,3-9,11-13H2,1-2H3. The number of amides is 1. The van der Waals surface area contributed by atoms with Crippen LogP contribution in [0, 0.1) is 18.3 Å². The number of hydrogen-bond acceptors (Lipinski definition) is 4. The monoisotopic (exact) mass is 346 g/mol. The van der Waals surface area contributed by atoms with E-state index in [0.717, 1.165) is 50.8 Å². The Balaban J connectivity index is 1.43. The maximum Gasteiger partial charge on any atom is 0.272 e. The van der Waals surface area contributed by atoms with E-state index in [2.05, 4.69) is 10.00 Å². The molecule has 1 atom stereocenters. The molecule has 1 N–H and O–H groups in total. The van der Waals surface area contributed by atoms with Crippen LogP contribution in [0.1, 0.15) is 48.3 Å². The van der Waals surface area contributed by atoms with Gasteiger partial charge in [0.1, 0.15) is 5.69 Å². The average molecular weight is 346 g/mol. The van der Waals surface area contributed by atoms with Crippen LogP contribution in [0.15, 0.2) is 6.07 Å². The summed E-state index contributed by atoms with van der Waals surface area (Å²) in [6.07, 6.45) is 6.00. The summed E-state index contributed by atoms with van der Waals surface area (Å²) in [4.78, 5) is 17.4.